The molecule has 4 rings (SSSR count). The van der Waals surface area contributed by atoms with E-state index in [4.69, 9.17) is 33.9 Å². The first kappa shape index (κ1) is 26.8. The summed E-state index contributed by atoms with van der Waals surface area (Å²) in [7, 11) is 3.15. The largest absolute Gasteiger partial charge is 0.497 e. The van der Waals surface area contributed by atoms with Crippen molar-refractivity contribution in [1.82, 2.24) is 19.0 Å². The second kappa shape index (κ2) is 12.3. The van der Waals surface area contributed by atoms with Crippen LogP contribution in [0.2, 0.25) is 0 Å². The number of nitrogens with one attached hydrogen (secondary N) is 1. The molecule has 186 valence electrons. The second-order valence-electron chi connectivity index (χ2n) is 7.44. The standard InChI is InChI=1S/C19H15N3O3S3.C6H15N/c1-24-12-7-5-6-11(10-12)21-16-15(28-19(21)27)17(23)22(18(26)20-16)13-8-3-4-9-14(13)25-2;1-4-7(5-2)6-3/h3-10H,1-2H3,(H,20,26);4-6H2,1-3H3. The van der Waals surface area contributed by atoms with E-state index in [2.05, 4.69) is 30.7 Å². The van der Waals surface area contributed by atoms with Gasteiger partial charge in [-0.1, -0.05) is 50.3 Å². The third kappa shape index (κ3) is 5.72. The Morgan fingerprint density at radius 2 is 1.63 bits per heavy atom. The first-order valence-corrected chi connectivity index (χ1v) is 12.9. The lowest BCUT2D eigenvalue weighted by Gasteiger charge is -2.13. The molecule has 2 aromatic carbocycles. The number of aromatic amines is 1. The Morgan fingerprint density at radius 1 is 0.943 bits per heavy atom. The van der Waals surface area contributed by atoms with Gasteiger partial charge in [0.25, 0.3) is 5.56 Å². The van der Waals surface area contributed by atoms with Gasteiger partial charge in [0.2, 0.25) is 0 Å². The van der Waals surface area contributed by atoms with Crippen molar-refractivity contribution in [2.45, 2.75) is 20.8 Å². The van der Waals surface area contributed by atoms with Crippen LogP contribution < -0.4 is 15.0 Å². The van der Waals surface area contributed by atoms with Gasteiger partial charge in [-0.2, -0.15) is 0 Å². The zero-order chi connectivity index (χ0) is 25.5. The maximum Gasteiger partial charge on any atom is 0.278 e. The highest BCUT2D eigenvalue weighted by molar-refractivity contribution is 7.73. The van der Waals surface area contributed by atoms with E-state index >= 15 is 0 Å². The van der Waals surface area contributed by atoms with E-state index < -0.39 is 0 Å². The molecule has 10 heteroatoms. The van der Waals surface area contributed by atoms with Gasteiger partial charge in [-0.25, -0.2) is 4.57 Å². The predicted molar refractivity (Wildman–Crippen MR) is 149 cm³/mol. The first-order chi connectivity index (χ1) is 16.9. The molecule has 0 amide bonds. The van der Waals surface area contributed by atoms with Gasteiger partial charge in [-0.3, -0.25) is 9.36 Å². The molecule has 0 bridgehead atoms. The Hall–Kier alpha value is -2.79. The van der Waals surface area contributed by atoms with Crippen LogP contribution in [0.25, 0.3) is 21.7 Å². The van der Waals surface area contributed by atoms with E-state index in [-0.39, 0.29) is 10.3 Å². The van der Waals surface area contributed by atoms with E-state index in [1.54, 1.807) is 30.9 Å². The smallest absolute Gasteiger partial charge is 0.278 e. The fraction of sp³-hybridized carbons (Fsp3) is 0.320. The summed E-state index contributed by atoms with van der Waals surface area (Å²) in [5.41, 5.74) is 1.67. The number of thiazole rings is 1. The monoisotopic (exact) mass is 530 g/mol. The van der Waals surface area contributed by atoms with Gasteiger partial charge >= 0.3 is 0 Å². The maximum absolute atomic E-state index is 13.3. The van der Waals surface area contributed by atoms with Crippen molar-refractivity contribution in [3.05, 3.63) is 67.6 Å². The van der Waals surface area contributed by atoms with Crippen molar-refractivity contribution in [2.75, 3.05) is 33.9 Å². The van der Waals surface area contributed by atoms with E-state index in [0.717, 1.165) is 5.69 Å². The number of methoxy groups -OCH3 is 2. The molecule has 4 aromatic rings. The lowest BCUT2D eigenvalue weighted by molar-refractivity contribution is 0.321. The van der Waals surface area contributed by atoms with Crippen LogP contribution in [-0.4, -0.2) is 52.9 Å². The average Bonchev–Trinajstić information content (AvgIpc) is 3.21. The topological polar surface area (TPSA) is 64.4 Å². The van der Waals surface area contributed by atoms with Crippen molar-refractivity contribution < 1.29 is 9.47 Å². The molecular formula is C25H30N4O3S3. The Balaban J connectivity index is 0.000000429. The highest BCUT2D eigenvalue weighted by Crippen LogP contribution is 2.27. The molecule has 0 atom stereocenters. The predicted octanol–water partition coefficient (Wildman–Crippen LogP) is 6.00. The summed E-state index contributed by atoms with van der Waals surface area (Å²) in [4.78, 5) is 18.8. The number of benzene rings is 2. The molecule has 0 radical (unpaired) electrons. The molecule has 35 heavy (non-hydrogen) atoms. The van der Waals surface area contributed by atoms with Crippen molar-refractivity contribution in [1.29, 1.82) is 0 Å². The summed E-state index contributed by atoms with van der Waals surface area (Å²) in [6, 6.07) is 14.7. The third-order valence-corrected chi connectivity index (χ3v) is 7.26. The van der Waals surface area contributed by atoms with Crippen LogP contribution in [0.15, 0.2) is 53.3 Å². The SMILES string of the molecule is CCN(CC)CC.COc1cccc(-n2c(=S)sc3c(=O)n(-c4ccccc4OC)c(=S)[nH]c32)c1. The van der Waals surface area contributed by atoms with Crippen molar-refractivity contribution in [3.8, 4) is 22.9 Å². The van der Waals surface area contributed by atoms with Gasteiger partial charge in [0, 0.05) is 6.07 Å². The second-order valence-corrected chi connectivity index (χ2v) is 9.48. The van der Waals surface area contributed by atoms with Gasteiger partial charge in [-0.15, -0.1) is 0 Å². The number of fused-ring (bicyclic) bond motifs is 1. The van der Waals surface area contributed by atoms with Gasteiger partial charge in [0.1, 0.15) is 21.8 Å². The van der Waals surface area contributed by atoms with Crippen LogP contribution in [-0.2, 0) is 0 Å². The molecule has 7 nitrogen and oxygen atoms in total. The molecule has 0 spiro atoms. The zero-order valence-corrected chi connectivity index (χ0v) is 23.0. The summed E-state index contributed by atoms with van der Waals surface area (Å²) in [5.74, 6) is 1.25. The van der Waals surface area contributed by atoms with E-state index in [1.807, 2.05) is 36.4 Å². The molecule has 0 unspecified atom stereocenters. The minimum absolute atomic E-state index is 0.249. The van der Waals surface area contributed by atoms with E-state index in [9.17, 15) is 4.79 Å². The van der Waals surface area contributed by atoms with Crippen LogP contribution in [0.5, 0.6) is 11.5 Å². The highest BCUT2D eigenvalue weighted by Gasteiger charge is 2.17. The summed E-state index contributed by atoms with van der Waals surface area (Å²) < 4.78 is 15.2. The molecular weight excluding hydrogens is 501 g/mol. The third-order valence-electron chi connectivity index (χ3n) is 5.62. The molecule has 0 aliphatic carbocycles. The zero-order valence-electron chi connectivity index (χ0n) is 20.5. The lowest BCUT2D eigenvalue weighted by Crippen LogP contribution is -2.21. The number of H-pyrrole nitrogens is 1. The van der Waals surface area contributed by atoms with Crippen LogP contribution in [0.3, 0.4) is 0 Å². The molecule has 0 fully saturated rings. The van der Waals surface area contributed by atoms with Gasteiger partial charge < -0.3 is 19.4 Å². The van der Waals surface area contributed by atoms with Gasteiger partial charge in [0.05, 0.1) is 25.6 Å². The van der Waals surface area contributed by atoms with Gasteiger partial charge in [-0.05, 0) is 68.3 Å². The van der Waals surface area contributed by atoms with Crippen LogP contribution in [0.1, 0.15) is 20.8 Å². The van der Waals surface area contributed by atoms with Crippen LogP contribution >= 0.6 is 35.8 Å². The number of hydrogen-bond donors (Lipinski definition) is 1. The molecule has 2 aromatic heterocycles. The molecule has 0 aliphatic heterocycles. The van der Waals surface area contributed by atoms with Crippen LogP contribution in [0.4, 0.5) is 0 Å². The molecule has 1 N–H and O–H groups in total. The molecule has 0 saturated heterocycles. The van der Waals surface area contributed by atoms with Gasteiger partial charge in [0.15, 0.2) is 8.73 Å². The number of para-hydroxylation sites is 2. The first-order valence-electron chi connectivity index (χ1n) is 11.3. The summed E-state index contributed by atoms with van der Waals surface area (Å²) >= 11 is 12.3. The Morgan fingerprint density at radius 3 is 2.23 bits per heavy atom. The van der Waals surface area contributed by atoms with Crippen molar-refractivity contribution >= 4 is 46.1 Å². The Kier molecular flexibility index (Phi) is 9.39. The fourth-order valence-electron chi connectivity index (χ4n) is 3.67. The number of hydrogen-bond acceptors (Lipinski definition) is 7. The van der Waals surface area contributed by atoms with Crippen LogP contribution in [0, 0.1) is 8.73 Å². The summed E-state index contributed by atoms with van der Waals surface area (Å²) in [6.07, 6.45) is 0. The minimum atomic E-state index is -0.249. The quantitative estimate of drug-likeness (QED) is 0.296. The van der Waals surface area contributed by atoms with E-state index in [0.29, 0.717) is 31.5 Å². The molecule has 0 aliphatic rings. The fourth-order valence-corrected chi connectivity index (χ4v) is 5.28. The highest BCUT2D eigenvalue weighted by atomic mass is 32.1. The number of ether oxygens (including phenoxy) is 2. The summed E-state index contributed by atoms with van der Waals surface area (Å²) in [5, 5.41) is 0. The van der Waals surface area contributed by atoms with Crippen molar-refractivity contribution in [2.24, 2.45) is 0 Å². The van der Waals surface area contributed by atoms with Crippen molar-refractivity contribution in [3.63, 3.8) is 0 Å². The number of aromatic nitrogens is 3. The lowest BCUT2D eigenvalue weighted by atomic mass is 10.3. The normalized spacial score (nSPS) is 10.8. The minimum Gasteiger partial charge on any atom is -0.497 e. The molecule has 0 saturated carbocycles. The summed E-state index contributed by atoms with van der Waals surface area (Å²) in [6.45, 7) is 10.1. The number of nitrogens with zero attached hydrogens (tertiary/aromatic N) is 3. The number of rotatable bonds is 7. The van der Waals surface area contributed by atoms with E-state index in [1.165, 1.54) is 35.5 Å². The Labute approximate surface area is 219 Å². The molecule has 2 heterocycles. The average molecular weight is 531 g/mol. The maximum atomic E-state index is 13.3. The Bertz CT molecular complexity index is 1460.